The molecule has 0 spiro atoms. The number of aliphatic hydroxyl groups excluding tert-OH is 1. The molecule has 19 heteroatoms. The van der Waals surface area contributed by atoms with E-state index in [9.17, 15) is 43.2 Å². The van der Waals surface area contributed by atoms with Crippen molar-refractivity contribution in [1.82, 2.24) is 0 Å². The number of rotatable bonds is 80. The molecule has 0 amide bonds. The Morgan fingerprint density at radius 3 is 0.775 bits per heavy atom. The van der Waals surface area contributed by atoms with Crippen molar-refractivity contribution in [3.63, 3.8) is 0 Å². The summed E-state index contributed by atoms with van der Waals surface area (Å²) in [6.45, 7) is 4.90. The van der Waals surface area contributed by atoms with Crippen LogP contribution in [0.3, 0.4) is 0 Å². The first-order chi connectivity index (χ1) is 49.7. The van der Waals surface area contributed by atoms with Gasteiger partial charge in [0.1, 0.15) is 19.3 Å². The van der Waals surface area contributed by atoms with Gasteiger partial charge in [-0.05, 0) is 64.2 Å². The first-order valence-electron chi connectivity index (χ1n) is 41.9. The van der Waals surface area contributed by atoms with Gasteiger partial charge in [-0.15, -0.1) is 0 Å². The van der Waals surface area contributed by atoms with E-state index >= 15 is 0 Å². The molecule has 0 aromatic rings. The topological polar surface area (TPSA) is 237 Å². The Hall–Kier alpha value is -2.98. The summed E-state index contributed by atoms with van der Waals surface area (Å²) in [5.41, 5.74) is 0. The Morgan fingerprint density at radius 1 is 0.275 bits per heavy atom. The molecule has 0 saturated carbocycles. The normalized spacial score (nSPS) is 14.1. The molecule has 0 aliphatic rings. The minimum Gasteiger partial charge on any atom is -0.462 e. The molecule has 5 atom stereocenters. The van der Waals surface area contributed by atoms with Gasteiger partial charge in [0.2, 0.25) is 0 Å². The number of allylic oxidation sites excluding steroid dienone is 8. The fourth-order valence-electron chi connectivity index (χ4n) is 11.9. The third-order valence-corrected chi connectivity index (χ3v) is 20.2. The summed E-state index contributed by atoms with van der Waals surface area (Å²) >= 11 is 0. The minimum absolute atomic E-state index is 0.0258. The molecule has 0 fully saturated rings. The number of unbranched alkanes of at least 4 members (excludes halogenated alkanes) is 46. The van der Waals surface area contributed by atoms with E-state index < -0.39 is 97.5 Å². The predicted molar refractivity (Wildman–Crippen MR) is 418 cm³/mol. The number of carbonyl (C=O) groups excluding carboxylic acids is 4. The predicted octanol–water partition coefficient (Wildman–Crippen LogP) is 24.5. The zero-order valence-electron chi connectivity index (χ0n) is 65.6. The van der Waals surface area contributed by atoms with E-state index in [4.69, 9.17) is 37.0 Å². The van der Waals surface area contributed by atoms with Gasteiger partial charge in [-0.2, -0.15) is 0 Å². The van der Waals surface area contributed by atoms with Crippen molar-refractivity contribution in [2.24, 2.45) is 0 Å². The molecule has 102 heavy (non-hydrogen) atoms. The largest absolute Gasteiger partial charge is 0.472 e. The molecule has 0 heterocycles. The van der Waals surface area contributed by atoms with Crippen LogP contribution in [0.5, 0.6) is 0 Å². The van der Waals surface area contributed by atoms with Crippen molar-refractivity contribution < 1.29 is 80.2 Å². The van der Waals surface area contributed by atoms with Gasteiger partial charge in [0.05, 0.1) is 26.4 Å². The Kier molecular flexibility index (Phi) is 74.0. The molecule has 0 aliphatic heterocycles. The molecule has 17 nitrogen and oxygen atoms in total. The van der Waals surface area contributed by atoms with Gasteiger partial charge < -0.3 is 33.8 Å². The average Bonchev–Trinajstić information content (AvgIpc) is 0.917. The second kappa shape index (κ2) is 76.2. The number of phosphoric acid groups is 2. The van der Waals surface area contributed by atoms with Gasteiger partial charge in [-0.25, -0.2) is 9.13 Å². The van der Waals surface area contributed by atoms with Crippen LogP contribution in [0, 0.1) is 0 Å². The Bertz CT molecular complexity index is 2120. The lowest BCUT2D eigenvalue weighted by Gasteiger charge is -2.21. The Morgan fingerprint density at radius 2 is 0.490 bits per heavy atom. The fraction of sp³-hybridized carbons (Fsp3) is 0.855. The summed E-state index contributed by atoms with van der Waals surface area (Å²) < 4.78 is 68.7. The van der Waals surface area contributed by atoms with E-state index in [2.05, 4.69) is 64.2 Å². The van der Waals surface area contributed by atoms with E-state index in [0.29, 0.717) is 32.1 Å². The van der Waals surface area contributed by atoms with E-state index in [-0.39, 0.29) is 25.7 Å². The van der Waals surface area contributed by atoms with Gasteiger partial charge in [0.15, 0.2) is 12.2 Å². The lowest BCUT2D eigenvalue weighted by Crippen LogP contribution is -2.30. The maximum Gasteiger partial charge on any atom is 0.472 e. The number of aliphatic hydroxyl groups is 1. The molecule has 0 aromatic heterocycles. The van der Waals surface area contributed by atoms with Gasteiger partial charge in [0, 0.05) is 25.7 Å². The summed E-state index contributed by atoms with van der Waals surface area (Å²) in [6, 6.07) is 0. The molecular weight excluding hydrogens is 1330 g/mol. The highest BCUT2D eigenvalue weighted by Gasteiger charge is 2.30. The maximum absolute atomic E-state index is 13.1. The molecule has 0 rings (SSSR count). The SMILES string of the molecule is CCCCC/C=C\C/C=C\C/C=C\C/C=C\CCCC(=O)O[C@H](COC(=O)CCCCCCCCCCCCCCCCC)COP(=O)(O)OC[C@@H](O)COP(=O)(O)OC[C@@H](COC(=O)CCCCCCCCCCCCCCCCC)OC(=O)CCCCCCCCCCCCCCCCC. The third kappa shape index (κ3) is 75.3. The fourth-order valence-corrected chi connectivity index (χ4v) is 13.5. The maximum atomic E-state index is 13.1. The quantitative estimate of drug-likeness (QED) is 0.0169. The number of carbonyl (C=O) groups is 4. The van der Waals surface area contributed by atoms with Crippen LogP contribution in [0.2, 0.25) is 0 Å². The van der Waals surface area contributed by atoms with Crippen molar-refractivity contribution in [1.29, 1.82) is 0 Å². The minimum atomic E-state index is -4.98. The lowest BCUT2D eigenvalue weighted by atomic mass is 10.0. The Balaban J connectivity index is 5.36. The number of hydrogen-bond donors (Lipinski definition) is 3. The van der Waals surface area contributed by atoms with Crippen LogP contribution >= 0.6 is 15.6 Å². The molecule has 2 unspecified atom stereocenters. The van der Waals surface area contributed by atoms with Gasteiger partial charge >= 0.3 is 39.5 Å². The van der Waals surface area contributed by atoms with E-state index in [1.807, 2.05) is 12.2 Å². The highest BCUT2D eigenvalue weighted by molar-refractivity contribution is 7.47. The van der Waals surface area contributed by atoms with Crippen LogP contribution < -0.4 is 0 Å². The van der Waals surface area contributed by atoms with Gasteiger partial charge in [-0.1, -0.05) is 359 Å². The molecule has 598 valence electrons. The smallest absolute Gasteiger partial charge is 0.462 e. The molecule has 0 saturated heterocycles. The summed E-state index contributed by atoms with van der Waals surface area (Å²) in [7, 11) is -9.95. The first kappa shape index (κ1) is 99.0. The van der Waals surface area contributed by atoms with Crippen LogP contribution in [0.1, 0.15) is 400 Å². The Labute approximate surface area is 623 Å². The summed E-state index contributed by atoms with van der Waals surface area (Å²) in [5.74, 6) is -2.19. The third-order valence-electron chi connectivity index (χ3n) is 18.3. The van der Waals surface area contributed by atoms with Crippen LogP contribution in [-0.2, 0) is 65.4 Å². The molecule has 0 aliphatic carbocycles. The second-order valence-corrected chi connectivity index (χ2v) is 31.4. The molecule has 0 bridgehead atoms. The van der Waals surface area contributed by atoms with Crippen LogP contribution in [-0.4, -0.2) is 96.7 Å². The van der Waals surface area contributed by atoms with Crippen molar-refractivity contribution in [2.75, 3.05) is 39.6 Å². The number of ether oxygens (including phenoxy) is 4. The highest BCUT2D eigenvalue weighted by Crippen LogP contribution is 2.45. The number of phosphoric ester groups is 2. The van der Waals surface area contributed by atoms with Crippen LogP contribution in [0.4, 0.5) is 0 Å². The second-order valence-electron chi connectivity index (χ2n) is 28.4. The van der Waals surface area contributed by atoms with Crippen LogP contribution in [0.15, 0.2) is 48.6 Å². The summed E-state index contributed by atoms with van der Waals surface area (Å²) in [4.78, 5) is 73.1. The molecular formula is C83H154O17P2. The van der Waals surface area contributed by atoms with Gasteiger partial charge in [0.25, 0.3) is 0 Å². The van der Waals surface area contributed by atoms with Crippen molar-refractivity contribution in [2.45, 2.75) is 418 Å². The van der Waals surface area contributed by atoms with Gasteiger partial charge in [-0.3, -0.25) is 37.3 Å². The first-order valence-corrected chi connectivity index (χ1v) is 44.9. The molecule has 0 aromatic carbocycles. The molecule has 0 radical (unpaired) electrons. The van der Waals surface area contributed by atoms with Crippen molar-refractivity contribution in [3.8, 4) is 0 Å². The van der Waals surface area contributed by atoms with E-state index in [1.54, 1.807) is 0 Å². The standard InChI is InChI=1S/C83H154O17P2/c1-5-9-13-17-21-25-29-33-37-38-42-46-50-54-58-62-66-70-83(88)100-79(74-94-81(86)68-64-60-56-52-48-44-40-35-31-27-23-19-15-11-7-3)76-98-102(91,92)96-72-77(84)71-95-101(89,90)97-75-78(99-82(87)69-65-61-57-53-49-45-41-36-32-28-24-20-16-12-8-4)73-93-80(85)67-63-59-55-51-47-43-39-34-30-26-22-18-14-10-6-2/h21,25,33,37,42,46,54,58,77-79,84H,5-20,22-24,26-32,34-36,38-41,43-45,47-53,55-57,59-76H2,1-4H3,(H,89,90)(H,91,92)/b25-21-,37-33-,46-42-,58-54-/t77-,78+,79+/m0/s1. The summed E-state index contributed by atoms with van der Waals surface area (Å²) in [5, 5.41) is 10.7. The summed E-state index contributed by atoms with van der Waals surface area (Å²) in [6.07, 6.45) is 75.1. The lowest BCUT2D eigenvalue weighted by molar-refractivity contribution is -0.161. The van der Waals surface area contributed by atoms with Crippen molar-refractivity contribution in [3.05, 3.63) is 48.6 Å². The zero-order valence-corrected chi connectivity index (χ0v) is 67.3. The number of esters is 4. The zero-order chi connectivity index (χ0) is 74.6. The molecule has 3 N–H and O–H groups in total. The van der Waals surface area contributed by atoms with Crippen molar-refractivity contribution >= 4 is 39.5 Å². The number of hydrogen-bond acceptors (Lipinski definition) is 15. The van der Waals surface area contributed by atoms with E-state index in [0.717, 1.165) is 89.9 Å². The van der Waals surface area contributed by atoms with E-state index in [1.165, 1.54) is 225 Å². The average molecular weight is 1490 g/mol. The van der Waals surface area contributed by atoms with Crippen LogP contribution in [0.25, 0.3) is 0 Å². The monoisotopic (exact) mass is 1490 g/mol. The highest BCUT2D eigenvalue weighted by atomic mass is 31.2.